The van der Waals surface area contributed by atoms with E-state index in [4.69, 9.17) is 9.47 Å². The van der Waals surface area contributed by atoms with Crippen molar-refractivity contribution in [3.63, 3.8) is 0 Å². The van der Waals surface area contributed by atoms with Crippen LogP contribution in [0.5, 0.6) is 11.5 Å². The van der Waals surface area contributed by atoms with Gasteiger partial charge in [-0.25, -0.2) is 0 Å². The van der Waals surface area contributed by atoms with Crippen LogP contribution in [0.1, 0.15) is 16.7 Å². The van der Waals surface area contributed by atoms with E-state index in [0.29, 0.717) is 11.5 Å². The number of nitrogens with one attached hydrogen (secondary N) is 3. The van der Waals surface area contributed by atoms with Gasteiger partial charge in [0.1, 0.15) is 11.5 Å². The van der Waals surface area contributed by atoms with E-state index in [0.717, 1.165) is 22.4 Å². The normalized spacial score (nSPS) is 10.4. The molecule has 0 bridgehead atoms. The van der Waals surface area contributed by atoms with Crippen LogP contribution >= 0.6 is 0 Å². The molecular formula is C21H25N3O4. The molecule has 7 nitrogen and oxygen atoms in total. The largest absolute Gasteiger partial charge is 0.497 e. The van der Waals surface area contributed by atoms with Gasteiger partial charge in [0.15, 0.2) is 0 Å². The van der Waals surface area contributed by atoms with E-state index in [9.17, 15) is 9.59 Å². The van der Waals surface area contributed by atoms with Gasteiger partial charge in [-0.15, -0.1) is 0 Å². The number of rotatable bonds is 7. The Labute approximate surface area is 164 Å². The molecule has 148 valence electrons. The van der Waals surface area contributed by atoms with Crippen LogP contribution in [0.2, 0.25) is 0 Å². The predicted octanol–water partition coefficient (Wildman–Crippen LogP) is 2.59. The fourth-order valence-electron chi connectivity index (χ4n) is 2.50. The van der Waals surface area contributed by atoms with E-state index in [2.05, 4.69) is 16.2 Å². The van der Waals surface area contributed by atoms with Crippen molar-refractivity contribution in [1.29, 1.82) is 0 Å². The van der Waals surface area contributed by atoms with Gasteiger partial charge in [0.05, 0.1) is 20.8 Å². The molecule has 0 aliphatic heterocycles. The molecule has 0 saturated carbocycles. The van der Waals surface area contributed by atoms with Crippen molar-refractivity contribution in [2.24, 2.45) is 0 Å². The molecule has 2 amide bonds. The Bertz CT molecular complexity index is 856. The van der Waals surface area contributed by atoms with Gasteiger partial charge in [0, 0.05) is 17.8 Å². The van der Waals surface area contributed by atoms with E-state index in [1.165, 1.54) is 6.08 Å². The van der Waals surface area contributed by atoms with Gasteiger partial charge in [-0.1, -0.05) is 17.7 Å². The molecule has 7 heteroatoms. The number of amides is 2. The molecule has 0 radical (unpaired) electrons. The van der Waals surface area contributed by atoms with Crippen molar-refractivity contribution in [2.45, 2.75) is 13.8 Å². The van der Waals surface area contributed by atoms with Crippen LogP contribution in [-0.2, 0) is 9.59 Å². The molecule has 0 saturated heterocycles. The van der Waals surface area contributed by atoms with Crippen LogP contribution in [0.15, 0.2) is 42.5 Å². The van der Waals surface area contributed by atoms with Crippen LogP contribution in [0.3, 0.4) is 0 Å². The van der Waals surface area contributed by atoms with Crippen molar-refractivity contribution in [2.75, 3.05) is 26.1 Å². The van der Waals surface area contributed by atoms with Crippen LogP contribution in [0, 0.1) is 13.8 Å². The molecule has 28 heavy (non-hydrogen) atoms. The molecule has 2 aromatic rings. The molecular weight excluding hydrogens is 358 g/mol. The minimum absolute atomic E-state index is 0.0426. The minimum Gasteiger partial charge on any atom is -0.497 e. The number of ether oxygens (including phenoxy) is 2. The Balaban J connectivity index is 1.83. The van der Waals surface area contributed by atoms with Gasteiger partial charge in [-0.05, 0) is 49.2 Å². The monoisotopic (exact) mass is 383 g/mol. The van der Waals surface area contributed by atoms with Gasteiger partial charge in [-0.2, -0.15) is 0 Å². The standard InChI is InChI=1S/C21H25N3O4/c1-14-5-7-19(15(2)9-14)22-13-21(26)24-23-20(25)8-6-16-10-17(27-3)12-18(11-16)28-4/h5-12,22H,13H2,1-4H3,(H,23,25)(H,24,26)/b8-6+. The summed E-state index contributed by atoms with van der Waals surface area (Å²) < 4.78 is 10.4. The van der Waals surface area contributed by atoms with Crippen molar-refractivity contribution >= 4 is 23.6 Å². The van der Waals surface area contributed by atoms with Gasteiger partial charge >= 0.3 is 0 Å². The maximum Gasteiger partial charge on any atom is 0.262 e. The lowest BCUT2D eigenvalue weighted by molar-refractivity contribution is -0.125. The summed E-state index contributed by atoms with van der Waals surface area (Å²) in [5.74, 6) is 0.418. The minimum atomic E-state index is -0.457. The Hall–Kier alpha value is -3.48. The van der Waals surface area contributed by atoms with Gasteiger partial charge in [-0.3, -0.25) is 20.4 Å². The lowest BCUT2D eigenvalue weighted by Gasteiger charge is -2.10. The van der Waals surface area contributed by atoms with Crippen molar-refractivity contribution in [1.82, 2.24) is 10.9 Å². The van der Waals surface area contributed by atoms with Gasteiger partial charge in [0.25, 0.3) is 11.8 Å². The number of aryl methyl sites for hydroxylation is 2. The summed E-state index contributed by atoms with van der Waals surface area (Å²) in [5.41, 5.74) is 8.51. The maximum atomic E-state index is 11.9. The highest BCUT2D eigenvalue weighted by molar-refractivity contribution is 5.93. The maximum absolute atomic E-state index is 11.9. The summed E-state index contributed by atoms with van der Waals surface area (Å²) in [4.78, 5) is 23.8. The van der Waals surface area contributed by atoms with Crippen molar-refractivity contribution < 1.29 is 19.1 Å². The zero-order valence-corrected chi connectivity index (χ0v) is 16.5. The van der Waals surface area contributed by atoms with Crippen LogP contribution in [0.25, 0.3) is 6.08 Å². The SMILES string of the molecule is COc1cc(/C=C/C(=O)NNC(=O)CNc2ccc(C)cc2C)cc(OC)c1. The van der Waals surface area contributed by atoms with Crippen LogP contribution < -0.4 is 25.6 Å². The van der Waals surface area contributed by atoms with E-state index in [-0.39, 0.29) is 12.5 Å². The highest BCUT2D eigenvalue weighted by Gasteiger charge is 2.05. The van der Waals surface area contributed by atoms with Crippen molar-refractivity contribution in [3.8, 4) is 11.5 Å². The Morgan fingerprint density at radius 1 is 0.964 bits per heavy atom. The number of methoxy groups -OCH3 is 2. The summed E-state index contributed by atoms with van der Waals surface area (Å²) in [6.45, 7) is 4.02. The first-order chi connectivity index (χ1) is 13.4. The average Bonchev–Trinajstić information content (AvgIpc) is 2.69. The summed E-state index contributed by atoms with van der Waals surface area (Å²) in [7, 11) is 3.10. The zero-order chi connectivity index (χ0) is 20.5. The second kappa shape index (κ2) is 10.0. The van der Waals surface area contributed by atoms with E-state index in [1.807, 2.05) is 32.0 Å². The van der Waals surface area contributed by atoms with E-state index < -0.39 is 5.91 Å². The molecule has 0 heterocycles. The molecule has 0 spiro atoms. The molecule has 0 fully saturated rings. The summed E-state index contributed by atoms with van der Waals surface area (Å²) >= 11 is 0. The predicted molar refractivity (Wildman–Crippen MR) is 109 cm³/mol. The molecule has 2 rings (SSSR count). The first-order valence-corrected chi connectivity index (χ1v) is 8.72. The molecule has 3 N–H and O–H groups in total. The second-order valence-electron chi connectivity index (χ2n) is 6.19. The summed E-state index contributed by atoms with van der Waals surface area (Å²) in [6, 6.07) is 11.2. The topological polar surface area (TPSA) is 88.7 Å². The quantitative estimate of drug-likeness (QED) is 0.505. The molecule has 0 unspecified atom stereocenters. The third-order valence-electron chi connectivity index (χ3n) is 3.95. The fourth-order valence-corrected chi connectivity index (χ4v) is 2.50. The molecule has 0 aliphatic carbocycles. The zero-order valence-electron chi connectivity index (χ0n) is 16.5. The Morgan fingerprint density at radius 2 is 1.64 bits per heavy atom. The van der Waals surface area contributed by atoms with E-state index in [1.54, 1.807) is 38.5 Å². The first kappa shape index (κ1) is 20.8. The van der Waals surface area contributed by atoms with Gasteiger partial charge in [0.2, 0.25) is 0 Å². The number of benzene rings is 2. The number of anilines is 1. The lowest BCUT2D eigenvalue weighted by Crippen LogP contribution is -2.43. The third kappa shape index (κ3) is 6.35. The number of hydrogen-bond acceptors (Lipinski definition) is 5. The highest BCUT2D eigenvalue weighted by atomic mass is 16.5. The van der Waals surface area contributed by atoms with Crippen molar-refractivity contribution in [3.05, 3.63) is 59.2 Å². The number of carbonyl (C=O) groups excluding carboxylic acids is 2. The Kier molecular flexibility index (Phi) is 7.45. The highest BCUT2D eigenvalue weighted by Crippen LogP contribution is 2.23. The fraction of sp³-hybridized carbons (Fsp3) is 0.238. The molecule has 2 aromatic carbocycles. The summed E-state index contributed by atoms with van der Waals surface area (Å²) in [6.07, 6.45) is 2.91. The number of carbonyl (C=O) groups is 2. The van der Waals surface area contributed by atoms with Crippen LogP contribution in [0.4, 0.5) is 5.69 Å². The van der Waals surface area contributed by atoms with Crippen LogP contribution in [-0.4, -0.2) is 32.6 Å². The summed E-state index contributed by atoms with van der Waals surface area (Å²) in [5, 5.41) is 3.04. The lowest BCUT2D eigenvalue weighted by atomic mass is 10.1. The number of hydrogen-bond donors (Lipinski definition) is 3. The second-order valence-corrected chi connectivity index (χ2v) is 6.19. The van der Waals surface area contributed by atoms with Gasteiger partial charge < -0.3 is 14.8 Å². The first-order valence-electron chi connectivity index (χ1n) is 8.72. The number of hydrazine groups is 1. The molecule has 0 atom stereocenters. The molecule has 0 aromatic heterocycles. The smallest absolute Gasteiger partial charge is 0.262 e. The average molecular weight is 383 g/mol. The third-order valence-corrected chi connectivity index (χ3v) is 3.95. The van der Waals surface area contributed by atoms with E-state index >= 15 is 0 Å². The Morgan fingerprint density at radius 3 is 2.25 bits per heavy atom. The molecule has 0 aliphatic rings.